The van der Waals surface area contributed by atoms with Gasteiger partial charge in [0.1, 0.15) is 5.75 Å². The lowest BCUT2D eigenvalue weighted by molar-refractivity contribution is 0.340. The van der Waals surface area contributed by atoms with E-state index in [0.29, 0.717) is 12.6 Å². The Morgan fingerprint density at radius 1 is 1.29 bits per heavy atom. The molecule has 1 aromatic rings. The van der Waals surface area contributed by atoms with Crippen LogP contribution in [0.1, 0.15) is 38.8 Å². The molecule has 1 N–H and O–H groups in total. The normalized spacial score (nSPS) is 12.2. The summed E-state index contributed by atoms with van der Waals surface area (Å²) in [5.41, 5.74) is 2.49. The standard InChI is InChI=1S/C15H23NO/c1-5-16-15(11-12(3)4)13-7-9-14(10-8-13)17-6-2/h7-10,15-16H,3,5-6,11H2,1-2,4H3. The van der Waals surface area contributed by atoms with Gasteiger partial charge in [-0.05, 0) is 44.5 Å². The molecule has 0 radical (unpaired) electrons. The van der Waals surface area contributed by atoms with E-state index >= 15 is 0 Å². The molecule has 17 heavy (non-hydrogen) atoms. The first kappa shape index (κ1) is 13.8. The van der Waals surface area contributed by atoms with Gasteiger partial charge in [-0.25, -0.2) is 0 Å². The smallest absolute Gasteiger partial charge is 0.119 e. The van der Waals surface area contributed by atoms with Crippen LogP contribution in [-0.2, 0) is 0 Å². The Hall–Kier alpha value is -1.28. The van der Waals surface area contributed by atoms with Crippen molar-refractivity contribution < 1.29 is 4.74 Å². The molecule has 94 valence electrons. The highest BCUT2D eigenvalue weighted by Crippen LogP contribution is 2.22. The van der Waals surface area contributed by atoms with Gasteiger partial charge in [-0.3, -0.25) is 0 Å². The Bertz CT molecular complexity index is 342. The van der Waals surface area contributed by atoms with Crippen LogP contribution in [0.4, 0.5) is 0 Å². The first-order valence-corrected chi connectivity index (χ1v) is 6.27. The van der Waals surface area contributed by atoms with E-state index in [-0.39, 0.29) is 0 Å². The topological polar surface area (TPSA) is 21.3 Å². The van der Waals surface area contributed by atoms with Gasteiger partial charge in [-0.2, -0.15) is 0 Å². The number of hydrogen-bond acceptors (Lipinski definition) is 2. The fourth-order valence-corrected chi connectivity index (χ4v) is 1.87. The fourth-order valence-electron chi connectivity index (χ4n) is 1.87. The summed E-state index contributed by atoms with van der Waals surface area (Å²) in [6.45, 7) is 11.8. The van der Waals surface area contributed by atoms with Crippen molar-refractivity contribution in [3.8, 4) is 5.75 Å². The van der Waals surface area contributed by atoms with Crippen molar-refractivity contribution in [2.75, 3.05) is 13.2 Å². The quantitative estimate of drug-likeness (QED) is 0.725. The lowest BCUT2D eigenvalue weighted by Gasteiger charge is -2.18. The van der Waals surface area contributed by atoms with E-state index in [9.17, 15) is 0 Å². The Morgan fingerprint density at radius 2 is 1.94 bits per heavy atom. The monoisotopic (exact) mass is 233 g/mol. The molecule has 0 fully saturated rings. The molecule has 0 aliphatic carbocycles. The van der Waals surface area contributed by atoms with Gasteiger partial charge in [0.2, 0.25) is 0 Å². The SMILES string of the molecule is C=C(C)CC(NCC)c1ccc(OCC)cc1. The fraction of sp³-hybridized carbons (Fsp3) is 0.467. The van der Waals surface area contributed by atoms with Gasteiger partial charge in [0.15, 0.2) is 0 Å². The van der Waals surface area contributed by atoms with Crippen LogP contribution in [0.5, 0.6) is 5.75 Å². The van der Waals surface area contributed by atoms with Gasteiger partial charge in [-0.15, -0.1) is 6.58 Å². The minimum Gasteiger partial charge on any atom is -0.494 e. The summed E-state index contributed by atoms with van der Waals surface area (Å²) in [6, 6.07) is 8.67. The maximum Gasteiger partial charge on any atom is 0.119 e. The van der Waals surface area contributed by atoms with Gasteiger partial charge in [-0.1, -0.05) is 24.6 Å². The average molecular weight is 233 g/mol. The average Bonchev–Trinajstić information content (AvgIpc) is 2.29. The third-order valence-corrected chi connectivity index (χ3v) is 2.60. The number of ether oxygens (including phenoxy) is 1. The van der Waals surface area contributed by atoms with Crippen molar-refractivity contribution in [2.24, 2.45) is 0 Å². The summed E-state index contributed by atoms with van der Waals surface area (Å²) < 4.78 is 5.44. The number of rotatable bonds is 7. The molecule has 0 bridgehead atoms. The van der Waals surface area contributed by atoms with E-state index < -0.39 is 0 Å². The van der Waals surface area contributed by atoms with Crippen LogP contribution in [0.25, 0.3) is 0 Å². The predicted octanol–water partition coefficient (Wildman–Crippen LogP) is 3.70. The summed E-state index contributed by atoms with van der Waals surface area (Å²) in [6.07, 6.45) is 0.974. The zero-order valence-corrected chi connectivity index (χ0v) is 11.1. The lowest BCUT2D eigenvalue weighted by Crippen LogP contribution is -2.21. The van der Waals surface area contributed by atoms with Crippen LogP contribution in [0, 0.1) is 0 Å². The van der Waals surface area contributed by atoms with Crippen molar-refractivity contribution in [1.29, 1.82) is 0 Å². The largest absolute Gasteiger partial charge is 0.494 e. The molecule has 2 heteroatoms. The Labute approximate surface area is 105 Å². The van der Waals surface area contributed by atoms with E-state index in [1.165, 1.54) is 11.1 Å². The molecule has 0 aliphatic heterocycles. The van der Waals surface area contributed by atoms with Crippen LogP contribution in [-0.4, -0.2) is 13.2 Å². The second-order valence-corrected chi connectivity index (χ2v) is 4.27. The molecule has 0 aromatic heterocycles. The van der Waals surface area contributed by atoms with E-state index in [1.54, 1.807) is 0 Å². The van der Waals surface area contributed by atoms with E-state index in [2.05, 4.69) is 37.9 Å². The zero-order valence-electron chi connectivity index (χ0n) is 11.1. The molecule has 0 heterocycles. The predicted molar refractivity (Wildman–Crippen MR) is 73.5 cm³/mol. The highest BCUT2D eigenvalue weighted by atomic mass is 16.5. The molecular formula is C15H23NO. The van der Waals surface area contributed by atoms with Crippen LogP contribution in [0.3, 0.4) is 0 Å². The maximum absolute atomic E-state index is 5.44. The van der Waals surface area contributed by atoms with Crippen molar-refractivity contribution in [3.05, 3.63) is 42.0 Å². The van der Waals surface area contributed by atoms with Gasteiger partial charge >= 0.3 is 0 Å². The van der Waals surface area contributed by atoms with E-state index in [4.69, 9.17) is 4.74 Å². The summed E-state index contributed by atoms with van der Waals surface area (Å²) >= 11 is 0. The maximum atomic E-state index is 5.44. The van der Waals surface area contributed by atoms with Gasteiger partial charge in [0, 0.05) is 6.04 Å². The highest BCUT2D eigenvalue weighted by molar-refractivity contribution is 5.29. The van der Waals surface area contributed by atoms with Crippen molar-refractivity contribution >= 4 is 0 Å². The second-order valence-electron chi connectivity index (χ2n) is 4.27. The first-order chi connectivity index (χ1) is 8.17. The number of nitrogens with one attached hydrogen (secondary N) is 1. The molecule has 0 saturated heterocycles. The summed E-state index contributed by atoms with van der Waals surface area (Å²) in [5, 5.41) is 3.48. The van der Waals surface area contributed by atoms with Crippen molar-refractivity contribution in [3.63, 3.8) is 0 Å². The molecule has 2 nitrogen and oxygen atoms in total. The van der Waals surface area contributed by atoms with E-state index in [1.807, 2.05) is 19.1 Å². The first-order valence-electron chi connectivity index (χ1n) is 6.27. The zero-order chi connectivity index (χ0) is 12.7. The lowest BCUT2D eigenvalue weighted by atomic mass is 10.0. The molecule has 1 atom stereocenters. The summed E-state index contributed by atoms with van der Waals surface area (Å²) in [7, 11) is 0. The number of benzene rings is 1. The van der Waals surface area contributed by atoms with Gasteiger partial charge in [0.25, 0.3) is 0 Å². The minimum absolute atomic E-state index is 0.355. The Morgan fingerprint density at radius 3 is 2.41 bits per heavy atom. The second kappa shape index (κ2) is 7.13. The van der Waals surface area contributed by atoms with Gasteiger partial charge < -0.3 is 10.1 Å². The Kier molecular flexibility index (Phi) is 5.78. The molecule has 1 aromatic carbocycles. The van der Waals surface area contributed by atoms with Crippen molar-refractivity contribution in [1.82, 2.24) is 5.32 Å². The Balaban J connectivity index is 2.75. The molecular weight excluding hydrogens is 210 g/mol. The van der Waals surface area contributed by atoms with Crippen LogP contribution in [0.15, 0.2) is 36.4 Å². The van der Waals surface area contributed by atoms with Gasteiger partial charge in [0.05, 0.1) is 6.61 Å². The summed E-state index contributed by atoms with van der Waals surface area (Å²) in [4.78, 5) is 0. The molecule has 0 aliphatic rings. The minimum atomic E-state index is 0.355. The van der Waals surface area contributed by atoms with Crippen LogP contribution >= 0.6 is 0 Å². The third kappa shape index (κ3) is 4.61. The molecule has 1 unspecified atom stereocenters. The van der Waals surface area contributed by atoms with Crippen LogP contribution in [0.2, 0.25) is 0 Å². The van der Waals surface area contributed by atoms with Crippen LogP contribution < -0.4 is 10.1 Å². The molecule has 0 saturated carbocycles. The highest BCUT2D eigenvalue weighted by Gasteiger charge is 2.10. The summed E-state index contributed by atoms with van der Waals surface area (Å²) in [5.74, 6) is 0.932. The third-order valence-electron chi connectivity index (χ3n) is 2.60. The number of hydrogen-bond donors (Lipinski definition) is 1. The molecule has 0 spiro atoms. The van der Waals surface area contributed by atoms with Crippen molar-refractivity contribution in [2.45, 2.75) is 33.2 Å². The molecule has 1 rings (SSSR count). The van der Waals surface area contributed by atoms with E-state index in [0.717, 1.165) is 18.7 Å². The molecule has 0 amide bonds.